The number of carbonyl (C=O) groups is 1. The zero-order chi connectivity index (χ0) is 9.90. The topological polar surface area (TPSA) is 29.1 Å². The van der Waals surface area contributed by atoms with Crippen molar-refractivity contribution in [1.29, 1.82) is 0 Å². The lowest BCUT2D eigenvalue weighted by atomic mass is 10.1. The van der Waals surface area contributed by atoms with Crippen molar-refractivity contribution >= 4 is 5.91 Å². The predicted octanol–water partition coefficient (Wildman–Crippen LogP) is 1.82. The van der Waals surface area contributed by atoms with Gasteiger partial charge in [0.2, 0.25) is 0 Å². The summed E-state index contributed by atoms with van der Waals surface area (Å²) >= 11 is 0. The highest BCUT2D eigenvalue weighted by Gasteiger charge is 2.14. The molecule has 0 unspecified atom stereocenters. The van der Waals surface area contributed by atoms with E-state index in [9.17, 15) is 4.79 Å². The first-order valence-electron chi connectivity index (χ1n) is 4.19. The van der Waals surface area contributed by atoms with Crippen LogP contribution in [-0.2, 0) is 0 Å². The van der Waals surface area contributed by atoms with Gasteiger partial charge >= 0.3 is 0 Å². The third-order valence-corrected chi connectivity index (χ3v) is 1.41. The molecule has 0 spiro atoms. The minimum atomic E-state index is -0.198. The third-order valence-electron chi connectivity index (χ3n) is 1.41. The van der Waals surface area contributed by atoms with Crippen LogP contribution in [0, 0.1) is 12.1 Å². The molecule has 0 aliphatic rings. The lowest BCUT2D eigenvalue weighted by Gasteiger charge is -2.20. The maximum Gasteiger partial charge on any atom is 0.251 e. The fourth-order valence-corrected chi connectivity index (χ4v) is 0.901. The van der Waals surface area contributed by atoms with E-state index < -0.39 is 0 Å². The summed E-state index contributed by atoms with van der Waals surface area (Å²) in [6, 6.07) is 10.5. The van der Waals surface area contributed by atoms with E-state index in [0.717, 1.165) is 0 Å². The molecule has 0 bridgehead atoms. The van der Waals surface area contributed by atoms with Gasteiger partial charge in [-0.1, -0.05) is 6.07 Å². The van der Waals surface area contributed by atoms with Crippen LogP contribution in [0.2, 0.25) is 0 Å². The standard InChI is InChI=1S/C11H13NO/c1-11(2,3)12-10(13)9-7-5-4-6-8-9/h5,7-8H,1-3H3,(H,12,13). The first-order chi connectivity index (χ1) is 5.99. The summed E-state index contributed by atoms with van der Waals surface area (Å²) in [5.74, 6) is -0.0715. The van der Waals surface area contributed by atoms with Crippen LogP contribution in [0.25, 0.3) is 0 Å². The predicted molar refractivity (Wildman–Crippen MR) is 51.3 cm³/mol. The molecule has 0 heterocycles. The van der Waals surface area contributed by atoms with Crippen LogP contribution in [0.1, 0.15) is 31.1 Å². The van der Waals surface area contributed by atoms with Crippen molar-refractivity contribution in [2.45, 2.75) is 26.3 Å². The monoisotopic (exact) mass is 175 g/mol. The van der Waals surface area contributed by atoms with E-state index in [0.29, 0.717) is 5.56 Å². The Morgan fingerprint density at radius 3 is 2.54 bits per heavy atom. The van der Waals surface area contributed by atoms with Crippen molar-refractivity contribution in [2.24, 2.45) is 0 Å². The molecule has 1 amide bonds. The summed E-state index contributed by atoms with van der Waals surface area (Å²) in [4.78, 5) is 11.5. The lowest BCUT2D eigenvalue weighted by molar-refractivity contribution is 0.0919. The van der Waals surface area contributed by atoms with Crippen molar-refractivity contribution in [3.05, 3.63) is 35.9 Å². The molecule has 1 rings (SSSR count). The van der Waals surface area contributed by atoms with Gasteiger partial charge in [-0.05, 0) is 45.0 Å². The number of hydrogen-bond acceptors (Lipinski definition) is 1. The zero-order valence-electron chi connectivity index (χ0n) is 8.14. The minimum Gasteiger partial charge on any atom is -0.347 e. The van der Waals surface area contributed by atoms with Crippen LogP contribution in [0.3, 0.4) is 0 Å². The average Bonchev–Trinajstić information content (AvgIpc) is 2.03. The maximum absolute atomic E-state index is 11.5. The molecule has 13 heavy (non-hydrogen) atoms. The number of carbonyl (C=O) groups excluding carboxylic acids is 1. The molecule has 1 N–H and O–H groups in total. The van der Waals surface area contributed by atoms with E-state index in [2.05, 4.69) is 17.4 Å². The Kier molecular flexibility index (Phi) is 2.71. The zero-order valence-corrected chi connectivity index (χ0v) is 8.14. The number of rotatable bonds is 1. The summed E-state index contributed by atoms with van der Waals surface area (Å²) in [5, 5.41) is 2.86. The highest BCUT2D eigenvalue weighted by molar-refractivity contribution is 5.94. The highest BCUT2D eigenvalue weighted by Crippen LogP contribution is 2.03. The van der Waals surface area contributed by atoms with Crippen LogP contribution in [0.5, 0.6) is 0 Å². The van der Waals surface area contributed by atoms with E-state index in [1.54, 1.807) is 18.2 Å². The van der Waals surface area contributed by atoms with Crippen molar-refractivity contribution < 1.29 is 4.79 Å². The fourth-order valence-electron chi connectivity index (χ4n) is 0.901. The highest BCUT2D eigenvalue weighted by atomic mass is 16.1. The average molecular weight is 175 g/mol. The van der Waals surface area contributed by atoms with Gasteiger partial charge in [-0.3, -0.25) is 4.79 Å². The summed E-state index contributed by atoms with van der Waals surface area (Å²) < 4.78 is 0. The molecular weight excluding hydrogens is 162 g/mol. The van der Waals surface area contributed by atoms with E-state index in [4.69, 9.17) is 0 Å². The molecule has 0 saturated carbocycles. The van der Waals surface area contributed by atoms with Crippen LogP contribution < -0.4 is 5.32 Å². The SMILES string of the molecule is CC(C)(C)NC(=O)c1c[c][c]cc1. The quantitative estimate of drug-likeness (QED) is 0.693. The van der Waals surface area contributed by atoms with Crippen LogP contribution in [0.4, 0.5) is 0 Å². The Hall–Kier alpha value is -1.31. The van der Waals surface area contributed by atoms with E-state index in [-0.39, 0.29) is 11.4 Å². The van der Waals surface area contributed by atoms with Gasteiger partial charge in [0.25, 0.3) is 5.91 Å². The molecule has 0 aliphatic heterocycles. The minimum absolute atomic E-state index is 0.0715. The smallest absolute Gasteiger partial charge is 0.251 e. The van der Waals surface area contributed by atoms with Gasteiger partial charge in [0.1, 0.15) is 0 Å². The first kappa shape index (κ1) is 9.78. The summed E-state index contributed by atoms with van der Waals surface area (Å²) in [6.07, 6.45) is 0. The van der Waals surface area contributed by atoms with Crippen molar-refractivity contribution in [2.75, 3.05) is 0 Å². The van der Waals surface area contributed by atoms with Gasteiger partial charge in [0.05, 0.1) is 0 Å². The van der Waals surface area contributed by atoms with Gasteiger partial charge in [-0.15, -0.1) is 0 Å². The second-order valence-electron chi connectivity index (χ2n) is 3.93. The molecule has 68 valence electrons. The fraction of sp³-hybridized carbons (Fsp3) is 0.364. The normalized spacial score (nSPS) is 11.0. The van der Waals surface area contributed by atoms with Crippen LogP contribution in [-0.4, -0.2) is 11.4 Å². The molecule has 0 fully saturated rings. The number of benzene rings is 1. The van der Waals surface area contributed by atoms with E-state index in [1.807, 2.05) is 20.8 Å². The second kappa shape index (κ2) is 3.60. The number of amides is 1. The lowest BCUT2D eigenvalue weighted by Crippen LogP contribution is -2.40. The van der Waals surface area contributed by atoms with Crippen molar-refractivity contribution in [1.82, 2.24) is 5.32 Å². The summed E-state index contributed by atoms with van der Waals surface area (Å²) in [7, 11) is 0. The molecular formula is C11H13NO. The Balaban J connectivity index is 2.71. The molecule has 0 aliphatic carbocycles. The van der Waals surface area contributed by atoms with Crippen molar-refractivity contribution in [3.8, 4) is 0 Å². The maximum atomic E-state index is 11.5. The van der Waals surface area contributed by atoms with Gasteiger partial charge < -0.3 is 5.32 Å². The van der Waals surface area contributed by atoms with E-state index in [1.165, 1.54) is 0 Å². The molecule has 0 aromatic heterocycles. The molecule has 1 aromatic rings. The summed E-state index contributed by atoms with van der Waals surface area (Å²) in [5.41, 5.74) is 0.421. The van der Waals surface area contributed by atoms with E-state index >= 15 is 0 Å². The van der Waals surface area contributed by atoms with Gasteiger partial charge in [-0.2, -0.15) is 0 Å². The molecule has 1 aromatic carbocycles. The molecule has 2 radical (unpaired) electrons. The Morgan fingerprint density at radius 2 is 2.08 bits per heavy atom. The van der Waals surface area contributed by atoms with Crippen LogP contribution in [0.15, 0.2) is 18.2 Å². The van der Waals surface area contributed by atoms with Gasteiger partial charge in [0.15, 0.2) is 0 Å². The number of hydrogen-bond donors (Lipinski definition) is 1. The molecule has 0 atom stereocenters. The third kappa shape index (κ3) is 3.28. The van der Waals surface area contributed by atoms with Crippen molar-refractivity contribution in [3.63, 3.8) is 0 Å². The second-order valence-corrected chi connectivity index (χ2v) is 3.93. The number of nitrogens with one attached hydrogen (secondary N) is 1. The Labute approximate surface area is 79.0 Å². The first-order valence-corrected chi connectivity index (χ1v) is 4.19. The van der Waals surface area contributed by atoms with Crippen LogP contribution >= 0.6 is 0 Å². The Morgan fingerprint density at radius 1 is 1.38 bits per heavy atom. The largest absolute Gasteiger partial charge is 0.347 e. The van der Waals surface area contributed by atoms with Gasteiger partial charge in [0, 0.05) is 11.1 Å². The Bertz CT molecular complexity index is 285. The molecule has 2 nitrogen and oxygen atoms in total. The molecule has 0 saturated heterocycles. The summed E-state index contributed by atoms with van der Waals surface area (Å²) in [6.45, 7) is 5.84. The van der Waals surface area contributed by atoms with Gasteiger partial charge in [-0.25, -0.2) is 0 Å². The molecule has 2 heteroatoms.